The van der Waals surface area contributed by atoms with E-state index in [9.17, 15) is 9.59 Å². The minimum absolute atomic E-state index is 0.116. The highest BCUT2D eigenvalue weighted by molar-refractivity contribution is 6.35. The molecule has 0 bridgehead atoms. The highest BCUT2D eigenvalue weighted by Crippen LogP contribution is 2.48. The second-order valence-electron chi connectivity index (χ2n) is 10.1. The van der Waals surface area contributed by atoms with Crippen molar-refractivity contribution in [3.63, 3.8) is 0 Å². The van der Waals surface area contributed by atoms with Gasteiger partial charge < -0.3 is 31.5 Å². The number of carbonyl (C=O) groups excluding carboxylic acids is 2. The zero-order valence-electron chi connectivity index (χ0n) is 21.8. The van der Waals surface area contributed by atoms with Crippen molar-refractivity contribution in [3.8, 4) is 5.88 Å². The van der Waals surface area contributed by atoms with Gasteiger partial charge in [0.2, 0.25) is 5.88 Å². The van der Waals surface area contributed by atoms with Crippen LogP contribution >= 0.6 is 23.2 Å². The minimum Gasteiger partial charge on any atom is -0.463 e. The predicted molar refractivity (Wildman–Crippen MR) is 150 cm³/mol. The third-order valence-electron chi connectivity index (χ3n) is 7.15. The molecule has 1 atom stereocenters. The number of nitrogens with zero attached hydrogens (tertiary/aromatic N) is 3. The van der Waals surface area contributed by atoms with E-state index in [0.29, 0.717) is 29.3 Å². The summed E-state index contributed by atoms with van der Waals surface area (Å²) < 4.78 is 5.70. The zero-order chi connectivity index (χ0) is 28.0. The Kier molecular flexibility index (Phi) is 9.49. The number of amidine groups is 1. The molecule has 1 aromatic carbocycles. The summed E-state index contributed by atoms with van der Waals surface area (Å²) in [5.74, 6) is 11.0. The van der Waals surface area contributed by atoms with Gasteiger partial charge in [0.1, 0.15) is 10.9 Å². The van der Waals surface area contributed by atoms with Gasteiger partial charge in [-0.1, -0.05) is 42.3 Å². The summed E-state index contributed by atoms with van der Waals surface area (Å²) in [4.78, 5) is 32.0. The minimum atomic E-state index is -0.774. The van der Waals surface area contributed by atoms with E-state index in [-0.39, 0.29) is 40.7 Å². The van der Waals surface area contributed by atoms with Gasteiger partial charge in [0, 0.05) is 50.4 Å². The molecule has 0 radical (unpaired) electrons. The highest BCUT2D eigenvalue weighted by Gasteiger charge is 2.52. The number of ether oxygens (including phenoxy) is 1. The number of aromatic nitrogens is 1. The number of hydrogen-bond donors (Lipinski definition) is 5. The molecule has 1 spiro atoms. The number of likely N-dealkylation sites (tertiary alicyclic amines) is 1. The van der Waals surface area contributed by atoms with E-state index >= 15 is 0 Å². The lowest BCUT2D eigenvalue weighted by atomic mass is 9.60. The normalized spacial score (nSPS) is 17.6. The molecular weight excluding hydrogens is 543 g/mol. The maximum atomic E-state index is 12.9. The van der Waals surface area contributed by atoms with Crippen molar-refractivity contribution in [2.45, 2.75) is 51.3 Å². The largest absolute Gasteiger partial charge is 0.463 e. The molecule has 210 valence electrons. The number of hydrazone groups is 1. The van der Waals surface area contributed by atoms with Gasteiger partial charge in [0.15, 0.2) is 6.10 Å². The maximum Gasteiger partial charge on any atom is 0.261 e. The van der Waals surface area contributed by atoms with Crippen LogP contribution in [0.1, 0.15) is 48.5 Å². The lowest BCUT2D eigenvalue weighted by Crippen LogP contribution is -2.66. The van der Waals surface area contributed by atoms with Gasteiger partial charge in [0.25, 0.3) is 11.8 Å². The lowest BCUT2D eigenvalue weighted by molar-refractivity contribution is -0.128. The number of pyridine rings is 1. The van der Waals surface area contributed by atoms with Crippen LogP contribution in [-0.2, 0) is 11.3 Å². The van der Waals surface area contributed by atoms with Crippen LogP contribution in [-0.4, -0.2) is 59.3 Å². The Bertz CT molecular complexity index is 1210. The standard InChI is InChI=1S/C26H34Cl2N8O3/c1-2-21(39-25-20(28)9-18(27)13-32-25)24(38)31-12-16-4-3-5-17(8-16)23(37)33-19-10-26(11-19)14-36(15-26)7-6-22(34-29)35-30/h3-5,8-9,13,19,21H,2,6-7,10-12,14-15,29-30H2,1H3,(H,31,38)(H,33,37)(H,34,35). The number of benzene rings is 1. The fraction of sp³-hybridized carbons (Fsp3) is 0.462. The smallest absolute Gasteiger partial charge is 0.261 e. The summed E-state index contributed by atoms with van der Waals surface area (Å²) in [6.07, 6.45) is 3.66. The molecule has 4 rings (SSSR count). The third kappa shape index (κ3) is 7.30. The van der Waals surface area contributed by atoms with Crippen LogP contribution in [0.2, 0.25) is 10.0 Å². The molecule has 1 aliphatic heterocycles. The van der Waals surface area contributed by atoms with Gasteiger partial charge in [-0.15, -0.1) is 0 Å². The van der Waals surface area contributed by atoms with Crippen molar-refractivity contribution in [2.75, 3.05) is 19.6 Å². The first-order valence-electron chi connectivity index (χ1n) is 12.8. The molecule has 2 aromatic rings. The van der Waals surface area contributed by atoms with Gasteiger partial charge in [0.05, 0.1) is 5.02 Å². The van der Waals surface area contributed by atoms with Gasteiger partial charge in [-0.25, -0.2) is 10.8 Å². The van der Waals surface area contributed by atoms with Crippen LogP contribution in [0.15, 0.2) is 41.6 Å². The number of rotatable bonds is 11. The summed E-state index contributed by atoms with van der Waals surface area (Å²) in [6, 6.07) is 8.89. The molecule has 11 nitrogen and oxygen atoms in total. The average molecular weight is 578 g/mol. The Morgan fingerprint density at radius 3 is 2.72 bits per heavy atom. The number of halogens is 2. The topological polar surface area (TPSA) is 160 Å². The van der Waals surface area contributed by atoms with Crippen LogP contribution in [0.5, 0.6) is 5.88 Å². The zero-order valence-corrected chi connectivity index (χ0v) is 23.3. The van der Waals surface area contributed by atoms with Gasteiger partial charge in [-0.05, 0) is 48.4 Å². The first kappa shape index (κ1) is 28.9. The van der Waals surface area contributed by atoms with Crippen LogP contribution in [0.4, 0.5) is 0 Å². The molecule has 2 aliphatic rings. The number of hydrogen-bond acceptors (Lipinski definition) is 8. The Morgan fingerprint density at radius 1 is 1.28 bits per heavy atom. The van der Waals surface area contributed by atoms with Crippen LogP contribution in [0.25, 0.3) is 0 Å². The summed E-state index contributed by atoms with van der Waals surface area (Å²) in [7, 11) is 0. The maximum absolute atomic E-state index is 12.9. The molecule has 1 aliphatic carbocycles. The molecule has 1 saturated heterocycles. The second kappa shape index (κ2) is 12.8. The average Bonchev–Trinajstić information content (AvgIpc) is 2.89. The second-order valence-corrected chi connectivity index (χ2v) is 11.0. The summed E-state index contributed by atoms with van der Waals surface area (Å²) in [5, 5.41) is 10.2. The van der Waals surface area contributed by atoms with E-state index in [1.54, 1.807) is 12.1 Å². The van der Waals surface area contributed by atoms with Gasteiger partial charge >= 0.3 is 0 Å². The fourth-order valence-electron chi connectivity index (χ4n) is 5.18. The van der Waals surface area contributed by atoms with Crippen molar-refractivity contribution < 1.29 is 14.3 Å². The van der Waals surface area contributed by atoms with Crippen LogP contribution in [0.3, 0.4) is 0 Å². The Hall–Kier alpha value is -3.12. The molecular formula is C26H34Cl2N8O3. The van der Waals surface area contributed by atoms with E-state index in [0.717, 1.165) is 38.0 Å². The molecule has 1 aromatic heterocycles. The molecule has 2 fully saturated rings. The Balaban J connectivity index is 1.21. The van der Waals surface area contributed by atoms with E-state index in [2.05, 4.69) is 31.0 Å². The van der Waals surface area contributed by atoms with E-state index in [1.807, 2.05) is 19.1 Å². The van der Waals surface area contributed by atoms with Gasteiger partial charge in [-0.2, -0.15) is 5.10 Å². The molecule has 39 heavy (non-hydrogen) atoms. The quantitative estimate of drug-likeness (QED) is 0.118. The fourth-order valence-corrected chi connectivity index (χ4v) is 5.61. The van der Waals surface area contributed by atoms with Crippen molar-refractivity contribution in [3.05, 3.63) is 57.7 Å². The molecule has 1 unspecified atom stereocenters. The summed E-state index contributed by atoms with van der Waals surface area (Å²) in [5.41, 5.74) is 4.14. The number of hydrazine groups is 1. The molecule has 13 heteroatoms. The molecule has 2 heterocycles. The number of nitrogens with one attached hydrogen (secondary N) is 3. The van der Waals surface area contributed by atoms with Crippen LogP contribution in [0, 0.1) is 5.41 Å². The predicted octanol–water partition coefficient (Wildman–Crippen LogP) is 2.18. The van der Waals surface area contributed by atoms with E-state index in [1.165, 1.54) is 12.3 Å². The van der Waals surface area contributed by atoms with E-state index in [4.69, 9.17) is 39.6 Å². The number of nitrogens with two attached hydrogens (primary N) is 2. The Morgan fingerprint density at radius 2 is 2.05 bits per heavy atom. The lowest BCUT2D eigenvalue weighted by Gasteiger charge is -2.59. The Labute approximate surface area is 237 Å². The van der Waals surface area contributed by atoms with Crippen molar-refractivity contribution in [1.29, 1.82) is 0 Å². The first-order valence-corrected chi connectivity index (χ1v) is 13.6. The van der Waals surface area contributed by atoms with Crippen molar-refractivity contribution >= 4 is 40.9 Å². The summed E-state index contributed by atoms with van der Waals surface area (Å²) in [6.45, 7) is 4.93. The molecule has 7 N–H and O–H groups in total. The monoisotopic (exact) mass is 576 g/mol. The number of carbonyl (C=O) groups is 2. The number of amides is 2. The van der Waals surface area contributed by atoms with Crippen LogP contribution < -0.4 is 32.5 Å². The summed E-state index contributed by atoms with van der Waals surface area (Å²) >= 11 is 12.0. The highest BCUT2D eigenvalue weighted by atomic mass is 35.5. The molecule has 2 amide bonds. The van der Waals surface area contributed by atoms with Gasteiger partial charge in [-0.3, -0.25) is 9.59 Å². The SMILES string of the molecule is CCC(Oc1ncc(Cl)cc1Cl)C(=O)NCc1cccc(C(=O)NC2CC3(C2)CN(CC/C(=N/N)NN)C3)c1. The van der Waals surface area contributed by atoms with Crippen molar-refractivity contribution in [2.24, 2.45) is 22.2 Å². The molecule has 1 saturated carbocycles. The first-order chi connectivity index (χ1) is 18.7. The van der Waals surface area contributed by atoms with Crippen molar-refractivity contribution in [1.82, 2.24) is 25.9 Å². The third-order valence-corrected chi connectivity index (χ3v) is 7.62. The van der Waals surface area contributed by atoms with E-state index < -0.39 is 6.10 Å².